The first-order valence-corrected chi connectivity index (χ1v) is 5.14. The van der Waals surface area contributed by atoms with Crippen LogP contribution in [0.3, 0.4) is 0 Å². The van der Waals surface area contributed by atoms with Gasteiger partial charge in [-0.2, -0.15) is 12.6 Å². The van der Waals surface area contributed by atoms with Gasteiger partial charge < -0.3 is 0 Å². The van der Waals surface area contributed by atoms with Gasteiger partial charge in [0.25, 0.3) is 0 Å². The molecule has 0 saturated carbocycles. The molecule has 0 saturated heterocycles. The van der Waals surface area contributed by atoms with E-state index < -0.39 is 0 Å². The van der Waals surface area contributed by atoms with Crippen LogP contribution in [-0.2, 0) is 4.79 Å². The van der Waals surface area contributed by atoms with E-state index in [0.717, 1.165) is 5.56 Å². The molecule has 4 nitrogen and oxygen atoms in total. The maximum Gasteiger partial charge on any atom is 0.187 e. The molecule has 1 atom stereocenters. The maximum absolute atomic E-state index is 10.7. The Hall–Kier alpha value is -1.10. The van der Waals surface area contributed by atoms with Crippen molar-refractivity contribution in [2.75, 3.05) is 0 Å². The Morgan fingerprint density at radius 1 is 1.47 bits per heavy atom. The summed E-state index contributed by atoms with van der Waals surface area (Å²) >= 11 is 7.96. The van der Waals surface area contributed by atoms with Crippen LogP contribution in [0.4, 0.5) is 5.69 Å². The van der Waals surface area contributed by atoms with Gasteiger partial charge in [-0.05, 0) is 11.1 Å². The van der Waals surface area contributed by atoms with Gasteiger partial charge in [-0.1, -0.05) is 29.4 Å². The molecule has 0 radical (unpaired) electrons. The summed E-state index contributed by atoms with van der Waals surface area (Å²) in [6.45, 7) is 0. The zero-order valence-electron chi connectivity index (χ0n) is 7.74. The van der Waals surface area contributed by atoms with Crippen molar-refractivity contribution in [3.05, 3.63) is 40.3 Å². The second-order valence-corrected chi connectivity index (χ2v) is 4.02. The number of hydrogen-bond acceptors (Lipinski definition) is 3. The van der Waals surface area contributed by atoms with Crippen LogP contribution >= 0.6 is 25.3 Å². The minimum atomic E-state index is -0.200. The van der Waals surface area contributed by atoms with E-state index in [-0.39, 0.29) is 16.8 Å². The highest BCUT2D eigenvalue weighted by Gasteiger charge is 2.08. The normalized spacial score (nSPS) is 11.6. The standard InChI is InChI=1S/C9H9N3OS2/c10-12-11-7-3-1-6(2-4-7)8(14)5-9(13)15/h1-4,8,14H,5H2,(H,13,15). The topological polar surface area (TPSA) is 65.8 Å². The molecule has 78 valence electrons. The van der Waals surface area contributed by atoms with Gasteiger partial charge >= 0.3 is 0 Å². The third kappa shape index (κ3) is 3.87. The summed E-state index contributed by atoms with van der Waals surface area (Å²) in [5, 5.41) is 3.07. The second kappa shape index (κ2) is 5.70. The van der Waals surface area contributed by atoms with Crippen LogP contribution < -0.4 is 0 Å². The quantitative estimate of drug-likeness (QED) is 0.359. The summed E-state index contributed by atoms with van der Waals surface area (Å²) in [6, 6.07) is 6.92. The van der Waals surface area contributed by atoms with E-state index in [0.29, 0.717) is 5.69 Å². The minimum absolute atomic E-state index is 0.171. The van der Waals surface area contributed by atoms with Crippen LogP contribution in [0, 0.1) is 0 Å². The molecule has 0 fully saturated rings. The number of carbonyl (C=O) groups is 1. The third-order valence-corrected chi connectivity index (χ3v) is 2.47. The molecule has 1 aromatic rings. The number of rotatable bonds is 4. The van der Waals surface area contributed by atoms with Crippen molar-refractivity contribution < 1.29 is 4.79 Å². The summed E-state index contributed by atoms with van der Waals surface area (Å²) in [6.07, 6.45) is 0.271. The summed E-state index contributed by atoms with van der Waals surface area (Å²) in [5.41, 5.74) is 9.65. The Kier molecular flexibility index (Phi) is 4.55. The average molecular weight is 239 g/mol. The average Bonchev–Trinajstić information content (AvgIpc) is 2.18. The Balaban J connectivity index is 2.79. The van der Waals surface area contributed by atoms with Gasteiger partial charge in [0.15, 0.2) is 5.12 Å². The minimum Gasteiger partial charge on any atom is -0.287 e. The van der Waals surface area contributed by atoms with E-state index in [2.05, 4.69) is 35.3 Å². The van der Waals surface area contributed by atoms with E-state index >= 15 is 0 Å². The van der Waals surface area contributed by atoms with Gasteiger partial charge in [0, 0.05) is 22.3 Å². The number of benzene rings is 1. The van der Waals surface area contributed by atoms with Crippen LogP contribution in [0.2, 0.25) is 0 Å². The van der Waals surface area contributed by atoms with Gasteiger partial charge in [-0.3, -0.25) is 4.79 Å². The van der Waals surface area contributed by atoms with E-state index in [1.807, 2.05) is 0 Å². The third-order valence-electron chi connectivity index (χ3n) is 1.81. The predicted molar refractivity (Wildman–Crippen MR) is 65.6 cm³/mol. The summed E-state index contributed by atoms with van der Waals surface area (Å²) in [5.74, 6) is 0. The monoisotopic (exact) mass is 239 g/mol. The molecule has 0 bridgehead atoms. The van der Waals surface area contributed by atoms with E-state index in [1.165, 1.54) is 0 Å². The smallest absolute Gasteiger partial charge is 0.187 e. The zero-order chi connectivity index (χ0) is 11.3. The summed E-state index contributed by atoms with van der Waals surface area (Å²) in [4.78, 5) is 13.4. The highest BCUT2D eigenvalue weighted by molar-refractivity contribution is 7.96. The highest BCUT2D eigenvalue weighted by atomic mass is 32.1. The second-order valence-electron chi connectivity index (χ2n) is 2.89. The van der Waals surface area contributed by atoms with Gasteiger partial charge in [0.2, 0.25) is 0 Å². The molecule has 0 amide bonds. The number of azide groups is 1. The number of hydrogen-bond donors (Lipinski definition) is 2. The van der Waals surface area contributed by atoms with Crippen molar-refractivity contribution in [1.29, 1.82) is 0 Å². The van der Waals surface area contributed by atoms with Gasteiger partial charge in [-0.15, -0.1) is 12.6 Å². The fourth-order valence-corrected chi connectivity index (χ4v) is 1.76. The maximum atomic E-state index is 10.7. The number of thiol groups is 2. The number of carbonyl (C=O) groups excluding carboxylic acids is 1. The summed E-state index contributed by atoms with van der Waals surface area (Å²) in [7, 11) is 0. The van der Waals surface area contributed by atoms with Crippen LogP contribution in [0.5, 0.6) is 0 Å². The first-order valence-electron chi connectivity index (χ1n) is 4.18. The van der Waals surface area contributed by atoms with Gasteiger partial charge in [0.1, 0.15) is 0 Å². The van der Waals surface area contributed by atoms with E-state index in [4.69, 9.17) is 5.53 Å². The van der Waals surface area contributed by atoms with Crippen LogP contribution in [-0.4, -0.2) is 5.12 Å². The predicted octanol–water partition coefficient (Wildman–Crippen LogP) is 3.45. The molecule has 0 spiro atoms. The molecule has 1 rings (SSSR count). The summed E-state index contributed by atoms with van der Waals surface area (Å²) < 4.78 is 0. The fraction of sp³-hybridized carbons (Fsp3) is 0.222. The Morgan fingerprint density at radius 2 is 2.07 bits per heavy atom. The van der Waals surface area contributed by atoms with Crippen molar-refractivity contribution in [3.8, 4) is 0 Å². The van der Waals surface area contributed by atoms with Crippen LogP contribution in [0.15, 0.2) is 29.4 Å². The molecule has 6 heteroatoms. The molecule has 0 aromatic heterocycles. The molecule has 0 heterocycles. The van der Waals surface area contributed by atoms with Crippen molar-refractivity contribution >= 4 is 36.1 Å². The lowest BCUT2D eigenvalue weighted by Crippen LogP contribution is -1.95. The molecule has 0 N–H and O–H groups in total. The lowest BCUT2D eigenvalue weighted by Gasteiger charge is -2.08. The van der Waals surface area contributed by atoms with Crippen molar-refractivity contribution in [1.82, 2.24) is 0 Å². The Labute approximate surface area is 98.1 Å². The zero-order valence-corrected chi connectivity index (χ0v) is 9.53. The van der Waals surface area contributed by atoms with Crippen LogP contribution in [0.1, 0.15) is 17.2 Å². The van der Waals surface area contributed by atoms with Crippen molar-refractivity contribution in [3.63, 3.8) is 0 Å². The molecular weight excluding hydrogens is 230 g/mol. The first kappa shape index (κ1) is 12.0. The molecule has 0 aliphatic heterocycles. The molecule has 0 aliphatic rings. The van der Waals surface area contributed by atoms with Crippen molar-refractivity contribution in [2.24, 2.45) is 5.11 Å². The van der Waals surface area contributed by atoms with Gasteiger partial charge in [-0.25, -0.2) is 0 Å². The first-order chi connectivity index (χ1) is 7.13. The van der Waals surface area contributed by atoms with Crippen molar-refractivity contribution in [2.45, 2.75) is 11.7 Å². The molecule has 1 unspecified atom stereocenters. The SMILES string of the molecule is [N-]=[N+]=Nc1ccc(C(S)CC(=O)S)cc1. The Morgan fingerprint density at radius 3 is 2.53 bits per heavy atom. The molecule has 1 aromatic carbocycles. The van der Waals surface area contributed by atoms with E-state index in [9.17, 15) is 4.79 Å². The lowest BCUT2D eigenvalue weighted by atomic mass is 10.1. The van der Waals surface area contributed by atoms with E-state index in [1.54, 1.807) is 24.3 Å². The highest BCUT2D eigenvalue weighted by Crippen LogP contribution is 2.26. The molecule has 15 heavy (non-hydrogen) atoms. The molecular formula is C9H9N3OS2. The Bertz CT molecular complexity index is 398. The fourth-order valence-electron chi connectivity index (χ4n) is 1.10. The molecule has 0 aliphatic carbocycles. The van der Waals surface area contributed by atoms with Crippen LogP contribution in [0.25, 0.3) is 10.4 Å². The largest absolute Gasteiger partial charge is 0.287 e. The number of nitrogens with zero attached hydrogens (tertiary/aromatic N) is 3. The van der Waals surface area contributed by atoms with Gasteiger partial charge in [0.05, 0.1) is 0 Å². The lowest BCUT2D eigenvalue weighted by molar-refractivity contribution is -0.110.